The highest BCUT2D eigenvalue weighted by Gasteiger charge is 2.33. The molecule has 0 bridgehead atoms. The van der Waals surface area contributed by atoms with E-state index >= 15 is 0 Å². The van der Waals surface area contributed by atoms with Gasteiger partial charge in [0.1, 0.15) is 12.3 Å². The van der Waals surface area contributed by atoms with Crippen molar-refractivity contribution >= 4 is 0 Å². The molecule has 1 heterocycles. The Morgan fingerprint density at radius 3 is 2.29 bits per heavy atom. The number of hydrogen-bond donors (Lipinski definition) is 2. The zero-order valence-electron chi connectivity index (χ0n) is 4.13. The lowest BCUT2D eigenvalue weighted by molar-refractivity contribution is 0.367. The Bertz CT molecular complexity index is 66.7. The molecule has 0 amide bonds. The van der Waals surface area contributed by atoms with Crippen LogP contribution in [0.4, 0.5) is 0 Å². The Hall–Kier alpha value is -0.120. The summed E-state index contributed by atoms with van der Waals surface area (Å²) in [5, 5.41) is 0. The lowest BCUT2D eigenvalue weighted by Gasteiger charge is -1.82. The van der Waals surface area contributed by atoms with Crippen molar-refractivity contribution in [2.45, 2.75) is 18.8 Å². The van der Waals surface area contributed by atoms with Crippen LogP contribution in [0.2, 0.25) is 0 Å². The van der Waals surface area contributed by atoms with Gasteiger partial charge in [0.25, 0.3) is 0 Å². The fraction of sp³-hybridized carbons (Fsp3) is 1.00. The van der Waals surface area contributed by atoms with Crippen LogP contribution in [0.1, 0.15) is 6.42 Å². The maximum Gasteiger partial charge on any atom is 0.132 e. The predicted molar refractivity (Wildman–Crippen MR) is 26.5 cm³/mol. The van der Waals surface area contributed by atoms with Crippen molar-refractivity contribution in [2.75, 3.05) is 6.54 Å². The number of rotatable bonds is 2. The van der Waals surface area contributed by atoms with Gasteiger partial charge in [0.15, 0.2) is 0 Å². The fourth-order valence-electron chi connectivity index (χ4n) is 0.553. The molecule has 4 N–H and O–H groups in total. The van der Waals surface area contributed by atoms with Crippen molar-refractivity contribution in [1.29, 1.82) is 0 Å². The molecule has 3 heteroatoms. The van der Waals surface area contributed by atoms with E-state index in [1.54, 1.807) is 0 Å². The molecule has 0 radical (unpaired) electrons. The van der Waals surface area contributed by atoms with Crippen LogP contribution >= 0.6 is 0 Å². The van der Waals surface area contributed by atoms with Gasteiger partial charge in [0.05, 0.1) is 0 Å². The van der Waals surface area contributed by atoms with Crippen molar-refractivity contribution in [3.63, 3.8) is 0 Å². The lowest BCUT2D eigenvalue weighted by Crippen LogP contribution is -2.09. The second kappa shape index (κ2) is 1.78. The van der Waals surface area contributed by atoms with Crippen LogP contribution in [0, 0.1) is 0 Å². The molecule has 0 aromatic heterocycles. The maximum absolute atomic E-state index is 5.27. The third-order valence-electron chi connectivity index (χ3n) is 1.07. The Balaban J connectivity index is 1.98. The number of ether oxygens (including phenoxy) is 1. The van der Waals surface area contributed by atoms with Crippen LogP contribution in [0.25, 0.3) is 0 Å². The summed E-state index contributed by atoms with van der Waals surface area (Å²) < 4.78 is 4.86. The maximum atomic E-state index is 5.27. The molecular formula is C4H10N2O. The van der Waals surface area contributed by atoms with Gasteiger partial charge >= 0.3 is 0 Å². The third kappa shape index (κ3) is 1.12. The summed E-state index contributed by atoms with van der Waals surface area (Å²) in [5.41, 5.74) is 10.5. The highest BCUT2D eigenvalue weighted by Crippen LogP contribution is 2.18. The van der Waals surface area contributed by atoms with E-state index in [9.17, 15) is 0 Å². The number of epoxide rings is 1. The average molecular weight is 102 g/mol. The Morgan fingerprint density at radius 2 is 2.14 bits per heavy atom. The first-order valence-electron chi connectivity index (χ1n) is 2.45. The summed E-state index contributed by atoms with van der Waals surface area (Å²) in [5.74, 6) is 0. The van der Waals surface area contributed by atoms with Crippen LogP contribution in [0.5, 0.6) is 0 Å². The van der Waals surface area contributed by atoms with Crippen LogP contribution in [-0.2, 0) is 4.74 Å². The van der Waals surface area contributed by atoms with Gasteiger partial charge in [-0.1, -0.05) is 0 Å². The molecule has 0 spiro atoms. The standard InChI is InChI=1S/C4H10N2O/c5-2-1-3-4(6)7-3/h3-4H,1-2,5-6H2. The van der Waals surface area contributed by atoms with E-state index in [0.29, 0.717) is 6.54 Å². The lowest BCUT2D eigenvalue weighted by atomic mass is 10.3. The molecule has 0 aromatic rings. The Kier molecular flexibility index (Phi) is 1.27. The number of hydrogen-bond acceptors (Lipinski definition) is 3. The highest BCUT2D eigenvalue weighted by molar-refractivity contribution is 4.78. The molecule has 1 aliphatic heterocycles. The molecule has 0 saturated carbocycles. The minimum Gasteiger partial charge on any atom is -0.353 e. The zero-order valence-corrected chi connectivity index (χ0v) is 4.13. The number of nitrogens with two attached hydrogens (primary N) is 2. The third-order valence-corrected chi connectivity index (χ3v) is 1.07. The molecule has 2 unspecified atom stereocenters. The largest absolute Gasteiger partial charge is 0.353 e. The average Bonchev–Trinajstić information content (AvgIpc) is 2.22. The molecule has 3 nitrogen and oxygen atoms in total. The van der Waals surface area contributed by atoms with E-state index in [-0.39, 0.29) is 12.3 Å². The van der Waals surface area contributed by atoms with Gasteiger partial charge in [-0.25, -0.2) is 0 Å². The van der Waals surface area contributed by atoms with Crippen LogP contribution in [0.15, 0.2) is 0 Å². The summed E-state index contributed by atoms with van der Waals surface area (Å²) in [6.45, 7) is 0.679. The fourth-order valence-corrected chi connectivity index (χ4v) is 0.553. The van der Waals surface area contributed by atoms with Crippen molar-refractivity contribution in [2.24, 2.45) is 11.5 Å². The molecule has 0 aliphatic carbocycles. The molecule has 1 fully saturated rings. The summed E-state index contributed by atoms with van der Waals surface area (Å²) >= 11 is 0. The molecule has 1 saturated heterocycles. The monoisotopic (exact) mass is 102 g/mol. The SMILES string of the molecule is NCCC1OC1N. The van der Waals surface area contributed by atoms with Crippen molar-refractivity contribution in [3.05, 3.63) is 0 Å². The molecular weight excluding hydrogens is 92.1 g/mol. The second-order valence-corrected chi connectivity index (χ2v) is 1.72. The Labute approximate surface area is 42.6 Å². The second-order valence-electron chi connectivity index (χ2n) is 1.72. The first-order valence-corrected chi connectivity index (χ1v) is 2.45. The van der Waals surface area contributed by atoms with Gasteiger partial charge in [0, 0.05) is 0 Å². The van der Waals surface area contributed by atoms with E-state index in [2.05, 4.69) is 0 Å². The van der Waals surface area contributed by atoms with Crippen molar-refractivity contribution in [1.82, 2.24) is 0 Å². The van der Waals surface area contributed by atoms with Gasteiger partial charge in [-0.15, -0.1) is 0 Å². The van der Waals surface area contributed by atoms with E-state index in [1.165, 1.54) is 0 Å². The molecule has 0 aromatic carbocycles. The molecule has 2 atom stereocenters. The van der Waals surface area contributed by atoms with Crippen LogP contribution in [0.3, 0.4) is 0 Å². The van der Waals surface area contributed by atoms with Gasteiger partial charge in [-0.2, -0.15) is 0 Å². The van der Waals surface area contributed by atoms with Gasteiger partial charge in [0.2, 0.25) is 0 Å². The molecule has 1 rings (SSSR count). The summed E-state index contributed by atoms with van der Waals surface area (Å²) in [6, 6.07) is 0. The molecule has 1 aliphatic rings. The van der Waals surface area contributed by atoms with Gasteiger partial charge < -0.3 is 16.2 Å². The minimum absolute atomic E-state index is 0.0106. The first-order chi connectivity index (χ1) is 3.34. The Morgan fingerprint density at radius 1 is 1.57 bits per heavy atom. The van der Waals surface area contributed by atoms with Crippen molar-refractivity contribution < 1.29 is 4.74 Å². The van der Waals surface area contributed by atoms with Crippen LogP contribution in [-0.4, -0.2) is 18.9 Å². The van der Waals surface area contributed by atoms with Crippen LogP contribution < -0.4 is 11.5 Å². The molecule has 42 valence electrons. The van der Waals surface area contributed by atoms with Gasteiger partial charge in [-0.05, 0) is 13.0 Å². The topological polar surface area (TPSA) is 64.6 Å². The zero-order chi connectivity index (χ0) is 5.28. The summed E-state index contributed by atoms with van der Waals surface area (Å²) in [7, 11) is 0. The minimum atomic E-state index is -0.0106. The van der Waals surface area contributed by atoms with Crippen molar-refractivity contribution in [3.8, 4) is 0 Å². The smallest absolute Gasteiger partial charge is 0.132 e. The summed E-state index contributed by atoms with van der Waals surface area (Å²) in [6.07, 6.45) is 1.16. The summed E-state index contributed by atoms with van der Waals surface area (Å²) in [4.78, 5) is 0. The molecule has 7 heavy (non-hydrogen) atoms. The predicted octanol–water partition coefficient (Wildman–Crippen LogP) is -0.981. The first kappa shape index (κ1) is 5.03. The van der Waals surface area contributed by atoms with E-state index in [4.69, 9.17) is 16.2 Å². The van der Waals surface area contributed by atoms with Gasteiger partial charge in [-0.3, -0.25) is 0 Å². The normalized spacial score (nSPS) is 38.6. The highest BCUT2D eigenvalue weighted by atomic mass is 16.6. The quantitative estimate of drug-likeness (QED) is 0.440. The van der Waals surface area contributed by atoms with E-state index in [1.807, 2.05) is 0 Å². The van der Waals surface area contributed by atoms with E-state index in [0.717, 1.165) is 6.42 Å². The van der Waals surface area contributed by atoms with E-state index < -0.39 is 0 Å².